The van der Waals surface area contributed by atoms with E-state index in [1.165, 1.54) is 0 Å². The lowest BCUT2D eigenvalue weighted by Crippen LogP contribution is -2.03. The molecule has 2 heterocycles. The van der Waals surface area contributed by atoms with Crippen LogP contribution in [0.5, 0.6) is 0 Å². The predicted molar refractivity (Wildman–Crippen MR) is 79.9 cm³/mol. The maximum Gasteiger partial charge on any atom is 0.256 e. The van der Waals surface area contributed by atoms with Crippen LogP contribution in [0.25, 0.3) is 11.6 Å². The number of fused-ring (bicyclic) bond motifs is 1. The average Bonchev–Trinajstić information content (AvgIpc) is 2.67. The summed E-state index contributed by atoms with van der Waals surface area (Å²) in [5.74, 6) is -0.0594. The predicted octanol–water partition coefficient (Wildman–Crippen LogP) is 3.18. The van der Waals surface area contributed by atoms with Crippen molar-refractivity contribution in [3.05, 3.63) is 57.4 Å². The fourth-order valence-corrected chi connectivity index (χ4v) is 2.42. The molecule has 3 nitrogen and oxygen atoms in total. The summed E-state index contributed by atoms with van der Waals surface area (Å²) in [6, 6.07) is 9.70. The van der Waals surface area contributed by atoms with E-state index in [9.17, 15) is 4.79 Å². The molecular weight excluding hydrogens is 339 g/mol. The van der Waals surface area contributed by atoms with Crippen molar-refractivity contribution in [3.63, 3.8) is 0 Å². The maximum atomic E-state index is 11.9. The van der Waals surface area contributed by atoms with Gasteiger partial charge in [0.1, 0.15) is 0 Å². The highest BCUT2D eigenvalue weighted by molar-refractivity contribution is 14.1. The van der Waals surface area contributed by atoms with Gasteiger partial charge in [0.15, 0.2) is 0 Å². The molecule has 1 aromatic carbocycles. The Morgan fingerprint density at radius 1 is 1.28 bits per heavy atom. The molecule has 0 spiro atoms. The van der Waals surface area contributed by atoms with Crippen LogP contribution in [0.3, 0.4) is 0 Å². The molecule has 1 amide bonds. The van der Waals surface area contributed by atoms with Crippen LogP contribution < -0.4 is 5.32 Å². The van der Waals surface area contributed by atoms with Crippen molar-refractivity contribution < 1.29 is 4.79 Å². The highest BCUT2D eigenvalue weighted by Gasteiger charge is 2.23. The number of carbonyl (C=O) groups excluding carboxylic acids is 1. The van der Waals surface area contributed by atoms with E-state index in [2.05, 4.69) is 32.9 Å². The van der Waals surface area contributed by atoms with Crippen LogP contribution in [0.2, 0.25) is 0 Å². The first-order valence-corrected chi connectivity index (χ1v) is 6.55. The van der Waals surface area contributed by atoms with Gasteiger partial charge in [-0.05, 0) is 58.5 Å². The van der Waals surface area contributed by atoms with E-state index in [1.54, 1.807) is 12.4 Å². The van der Waals surface area contributed by atoms with Crippen LogP contribution in [-0.2, 0) is 4.79 Å². The Balaban J connectivity index is 2.12. The van der Waals surface area contributed by atoms with Crippen LogP contribution >= 0.6 is 22.6 Å². The van der Waals surface area contributed by atoms with Gasteiger partial charge in [-0.25, -0.2) is 0 Å². The first kappa shape index (κ1) is 11.4. The quantitative estimate of drug-likeness (QED) is 0.635. The largest absolute Gasteiger partial charge is 0.321 e. The molecular formula is C14H9IN2O. The van der Waals surface area contributed by atoms with Crippen molar-refractivity contribution in [2.75, 3.05) is 5.32 Å². The van der Waals surface area contributed by atoms with E-state index >= 15 is 0 Å². The minimum atomic E-state index is -0.0594. The number of nitrogens with one attached hydrogen (secondary N) is 1. The lowest BCUT2D eigenvalue weighted by atomic mass is 10.1. The third kappa shape index (κ3) is 2.03. The minimum Gasteiger partial charge on any atom is -0.321 e. The van der Waals surface area contributed by atoms with Gasteiger partial charge in [0, 0.05) is 32.8 Å². The van der Waals surface area contributed by atoms with Crippen molar-refractivity contribution in [3.8, 4) is 0 Å². The van der Waals surface area contributed by atoms with Crippen LogP contribution in [0, 0.1) is 3.57 Å². The summed E-state index contributed by atoms with van der Waals surface area (Å²) in [5, 5.41) is 2.86. The van der Waals surface area contributed by atoms with Gasteiger partial charge in [0.25, 0.3) is 5.91 Å². The Labute approximate surface area is 118 Å². The zero-order valence-corrected chi connectivity index (χ0v) is 11.5. The molecule has 0 saturated heterocycles. The number of benzene rings is 1. The molecule has 1 aromatic heterocycles. The van der Waals surface area contributed by atoms with Crippen LogP contribution in [0.1, 0.15) is 11.1 Å². The third-order valence-electron chi connectivity index (χ3n) is 2.76. The molecule has 0 radical (unpaired) electrons. The second-order valence-corrected chi connectivity index (χ2v) is 5.23. The Morgan fingerprint density at radius 2 is 2.17 bits per heavy atom. The number of aromatic nitrogens is 1. The van der Waals surface area contributed by atoms with Crippen LogP contribution in [-0.4, -0.2) is 10.9 Å². The monoisotopic (exact) mass is 348 g/mol. The fourth-order valence-electron chi connectivity index (χ4n) is 1.93. The molecule has 3 rings (SSSR count). The van der Waals surface area contributed by atoms with Gasteiger partial charge in [0.05, 0.1) is 0 Å². The Morgan fingerprint density at radius 3 is 2.94 bits per heavy atom. The molecule has 0 atom stereocenters. The first-order chi connectivity index (χ1) is 8.74. The number of halogens is 1. The molecule has 1 N–H and O–H groups in total. The molecule has 0 fully saturated rings. The van der Waals surface area contributed by atoms with Crippen molar-refractivity contribution in [2.24, 2.45) is 0 Å². The maximum absolute atomic E-state index is 11.9. The first-order valence-electron chi connectivity index (χ1n) is 5.47. The highest BCUT2D eigenvalue weighted by Crippen LogP contribution is 2.33. The van der Waals surface area contributed by atoms with Gasteiger partial charge in [-0.2, -0.15) is 0 Å². The van der Waals surface area contributed by atoms with Crippen molar-refractivity contribution in [1.29, 1.82) is 0 Å². The molecule has 4 heteroatoms. The fraction of sp³-hybridized carbons (Fsp3) is 0. The molecule has 88 valence electrons. The van der Waals surface area contributed by atoms with Gasteiger partial charge < -0.3 is 5.32 Å². The third-order valence-corrected chi connectivity index (χ3v) is 3.43. The van der Waals surface area contributed by atoms with Crippen molar-refractivity contribution in [2.45, 2.75) is 0 Å². The van der Waals surface area contributed by atoms with Crippen LogP contribution in [0.4, 0.5) is 5.69 Å². The van der Waals surface area contributed by atoms with Gasteiger partial charge in [0.2, 0.25) is 0 Å². The van der Waals surface area contributed by atoms with E-state index in [-0.39, 0.29) is 5.91 Å². The van der Waals surface area contributed by atoms with Crippen molar-refractivity contribution in [1.82, 2.24) is 4.98 Å². The van der Waals surface area contributed by atoms with Crippen molar-refractivity contribution >= 4 is 45.8 Å². The lowest BCUT2D eigenvalue weighted by molar-refractivity contribution is -0.110. The normalized spacial score (nSPS) is 15.6. The van der Waals surface area contributed by atoms with Gasteiger partial charge in [-0.3, -0.25) is 9.78 Å². The smallest absolute Gasteiger partial charge is 0.256 e. The summed E-state index contributed by atoms with van der Waals surface area (Å²) in [4.78, 5) is 16.0. The second kappa shape index (κ2) is 4.53. The number of anilines is 1. The number of hydrogen-bond donors (Lipinski definition) is 1. The van der Waals surface area contributed by atoms with Crippen LogP contribution in [0.15, 0.2) is 42.7 Å². The number of rotatable bonds is 1. The van der Waals surface area contributed by atoms with E-state index in [1.807, 2.05) is 36.4 Å². The topological polar surface area (TPSA) is 42.0 Å². The number of nitrogens with zero attached hydrogens (tertiary/aromatic N) is 1. The molecule has 0 aliphatic carbocycles. The zero-order chi connectivity index (χ0) is 12.5. The number of amides is 1. The summed E-state index contributed by atoms with van der Waals surface area (Å²) in [6.07, 6.45) is 5.32. The SMILES string of the molecule is O=C1Nc2ccc(I)cc2C1=Cc1cccnc1. The van der Waals surface area contributed by atoms with Gasteiger partial charge in [-0.1, -0.05) is 6.07 Å². The molecule has 0 unspecified atom stereocenters. The minimum absolute atomic E-state index is 0.0594. The standard InChI is InChI=1S/C14H9IN2O/c15-10-3-4-13-11(7-10)12(14(18)17-13)6-9-2-1-5-16-8-9/h1-8H,(H,17,18). The van der Waals surface area contributed by atoms with E-state index in [0.717, 1.165) is 20.4 Å². The summed E-state index contributed by atoms with van der Waals surface area (Å²) in [7, 11) is 0. The molecule has 0 saturated carbocycles. The average molecular weight is 348 g/mol. The molecule has 0 bridgehead atoms. The molecule has 18 heavy (non-hydrogen) atoms. The second-order valence-electron chi connectivity index (χ2n) is 3.99. The van der Waals surface area contributed by atoms with E-state index < -0.39 is 0 Å². The lowest BCUT2D eigenvalue weighted by Gasteiger charge is -1.99. The van der Waals surface area contributed by atoms with E-state index in [0.29, 0.717) is 5.57 Å². The summed E-state index contributed by atoms with van der Waals surface area (Å²) in [6.45, 7) is 0. The highest BCUT2D eigenvalue weighted by atomic mass is 127. The molecule has 1 aliphatic rings. The zero-order valence-electron chi connectivity index (χ0n) is 9.35. The summed E-state index contributed by atoms with van der Waals surface area (Å²) >= 11 is 2.24. The summed E-state index contributed by atoms with van der Waals surface area (Å²) in [5.41, 5.74) is 3.44. The number of hydrogen-bond acceptors (Lipinski definition) is 2. The summed E-state index contributed by atoms with van der Waals surface area (Å²) < 4.78 is 1.11. The Kier molecular flexibility index (Phi) is 2.87. The van der Waals surface area contributed by atoms with Gasteiger partial charge >= 0.3 is 0 Å². The number of carbonyl (C=O) groups is 1. The van der Waals surface area contributed by atoms with Gasteiger partial charge in [-0.15, -0.1) is 0 Å². The Bertz CT molecular complexity index is 650. The van der Waals surface area contributed by atoms with E-state index in [4.69, 9.17) is 0 Å². The number of pyridine rings is 1. The molecule has 2 aromatic rings. The molecule has 1 aliphatic heterocycles. The Hall–Kier alpha value is -1.69.